The third-order valence-corrected chi connectivity index (χ3v) is 8.38. The summed E-state index contributed by atoms with van der Waals surface area (Å²) in [6.07, 6.45) is 1.76. The van der Waals surface area contributed by atoms with Crippen LogP contribution in [0.3, 0.4) is 0 Å². The molecule has 0 saturated heterocycles. The van der Waals surface area contributed by atoms with Crippen LogP contribution in [0.25, 0.3) is 88.9 Å². The van der Waals surface area contributed by atoms with Crippen molar-refractivity contribution in [1.29, 1.82) is 0 Å². The minimum atomic E-state index is 0.497. The Morgan fingerprint density at radius 3 is 1.80 bits per heavy atom. The first-order valence-electron chi connectivity index (χ1n) is 14.9. The van der Waals surface area contributed by atoms with Crippen molar-refractivity contribution in [1.82, 2.24) is 19.9 Å². The fourth-order valence-electron chi connectivity index (χ4n) is 6.26. The lowest BCUT2D eigenvalue weighted by Crippen LogP contribution is -2.02. The van der Waals surface area contributed by atoms with E-state index in [0.717, 1.165) is 65.7 Å². The third kappa shape index (κ3) is 4.25. The van der Waals surface area contributed by atoms with Gasteiger partial charge in [0.2, 0.25) is 0 Å². The SMILES string of the molecule is c1ccc(-c2nc(-c3ccc(-c4ccccc4)c4ccccc34)nc(-c3nccc4oc5cc6ccccc6cc5c34)n2)cc1. The van der Waals surface area contributed by atoms with Gasteiger partial charge in [0.05, 0.1) is 5.39 Å². The fraction of sp³-hybridized carbons (Fsp3) is 0. The molecule has 0 aliphatic heterocycles. The Bertz CT molecular complexity index is 2540. The minimum absolute atomic E-state index is 0.497. The zero-order chi connectivity index (χ0) is 29.7. The van der Waals surface area contributed by atoms with Crippen LogP contribution >= 0.6 is 0 Å². The summed E-state index contributed by atoms with van der Waals surface area (Å²) < 4.78 is 6.35. The number of nitrogens with zero attached hydrogens (tertiary/aromatic N) is 4. The molecule has 210 valence electrons. The van der Waals surface area contributed by atoms with E-state index in [4.69, 9.17) is 24.4 Å². The smallest absolute Gasteiger partial charge is 0.183 e. The van der Waals surface area contributed by atoms with Crippen LogP contribution in [0.2, 0.25) is 0 Å². The van der Waals surface area contributed by atoms with E-state index < -0.39 is 0 Å². The lowest BCUT2D eigenvalue weighted by atomic mass is 9.95. The molecule has 6 aromatic carbocycles. The Kier molecular flexibility index (Phi) is 5.74. The lowest BCUT2D eigenvalue weighted by molar-refractivity contribution is 0.669. The molecule has 3 aromatic heterocycles. The van der Waals surface area contributed by atoms with Crippen molar-refractivity contribution >= 4 is 43.5 Å². The highest BCUT2D eigenvalue weighted by Gasteiger charge is 2.20. The van der Waals surface area contributed by atoms with Crippen LogP contribution in [-0.2, 0) is 0 Å². The molecule has 0 amide bonds. The predicted octanol–water partition coefficient (Wildman–Crippen LogP) is 10.1. The second-order valence-electron chi connectivity index (χ2n) is 11.1. The number of benzene rings is 6. The normalized spacial score (nSPS) is 11.6. The second kappa shape index (κ2) is 10.2. The number of hydrogen-bond acceptors (Lipinski definition) is 5. The van der Waals surface area contributed by atoms with Gasteiger partial charge in [0.15, 0.2) is 17.5 Å². The quantitative estimate of drug-likeness (QED) is 0.209. The van der Waals surface area contributed by atoms with Gasteiger partial charge in [-0.15, -0.1) is 0 Å². The van der Waals surface area contributed by atoms with Crippen molar-refractivity contribution in [2.24, 2.45) is 0 Å². The molecule has 0 N–H and O–H groups in total. The lowest BCUT2D eigenvalue weighted by Gasteiger charge is -2.13. The topological polar surface area (TPSA) is 64.7 Å². The standard InChI is InChI=1S/C40H24N4O/c1-3-11-25(12-4-1)29-19-20-32(31-18-10-9-17-30(29)31)39-42-38(26-13-5-2-6-14-26)43-40(44-39)37-36-33-23-27-15-7-8-16-28(27)24-35(33)45-34(36)21-22-41-37/h1-24H. The first-order valence-corrected chi connectivity index (χ1v) is 14.9. The summed E-state index contributed by atoms with van der Waals surface area (Å²) in [4.78, 5) is 20.0. The molecule has 0 aliphatic carbocycles. The highest BCUT2D eigenvalue weighted by atomic mass is 16.3. The summed E-state index contributed by atoms with van der Waals surface area (Å²) >= 11 is 0. The monoisotopic (exact) mass is 576 g/mol. The fourth-order valence-corrected chi connectivity index (χ4v) is 6.26. The van der Waals surface area contributed by atoms with Crippen LogP contribution in [-0.4, -0.2) is 19.9 Å². The second-order valence-corrected chi connectivity index (χ2v) is 11.1. The van der Waals surface area contributed by atoms with Crippen molar-refractivity contribution < 1.29 is 4.42 Å². The molecule has 0 bridgehead atoms. The van der Waals surface area contributed by atoms with Crippen LogP contribution in [0, 0.1) is 0 Å². The number of pyridine rings is 1. The number of aromatic nitrogens is 4. The van der Waals surface area contributed by atoms with Crippen molar-refractivity contribution in [3.8, 4) is 45.4 Å². The molecule has 0 unspecified atom stereocenters. The summed E-state index contributed by atoms with van der Waals surface area (Å²) in [6, 6.07) is 47.6. The number of rotatable bonds is 4. The molecular weight excluding hydrogens is 552 g/mol. The van der Waals surface area contributed by atoms with E-state index in [9.17, 15) is 0 Å². The molecule has 0 aliphatic rings. The van der Waals surface area contributed by atoms with E-state index in [0.29, 0.717) is 23.2 Å². The largest absolute Gasteiger partial charge is 0.456 e. The van der Waals surface area contributed by atoms with Gasteiger partial charge in [0.25, 0.3) is 0 Å². The molecule has 9 rings (SSSR count). The van der Waals surface area contributed by atoms with Crippen molar-refractivity contribution in [2.45, 2.75) is 0 Å². The molecule has 5 nitrogen and oxygen atoms in total. The number of fused-ring (bicyclic) bond motifs is 5. The maximum atomic E-state index is 6.35. The van der Waals surface area contributed by atoms with E-state index in [1.165, 1.54) is 0 Å². The van der Waals surface area contributed by atoms with Gasteiger partial charge in [-0.3, -0.25) is 4.98 Å². The van der Waals surface area contributed by atoms with Crippen LogP contribution in [0.5, 0.6) is 0 Å². The highest BCUT2D eigenvalue weighted by molar-refractivity contribution is 6.14. The predicted molar refractivity (Wildman–Crippen MR) is 182 cm³/mol. The molecule has 0 fully saturated rings. The molecule has 3 heterocycles. The van der Waals surface area contributed by atoms with Gasteiger partial charge in [-0.05, 0) is 56.9 Å². The molecule has 45 heavy (non-hydrogen) atoms. The van der Waals surface area contributed by atoms with Crippen LogP contribution in [0.15, 0.2) is 150 Å². The van der Waals surface area contributed by atoms with Gasteiger partial charge in [-0.25, -0.2) is 15.0 Å². The summed E-state index contributed by atoms with van der Waals surface area (Å²) in [5.74, 6) is 1.67. The third-order valence-electron chi connectivity index (χ3n) is 8.38. The van der Waals surface area contributed by atoms with Gasteiger partial charge in [-0.2, -0.15) is 0 Å². The van der Waals surface area contributed by atoms with Crippen LogP contribution < -0.4 is 0 Å². The first-order chi connectivity index (χ1) is 22.3. The van der Waals surface area contributed by atoms with Crippen molar-refractivity contribution in [2.75, 3.05) is 0 Å². The number of hydrogen-bond donors (Lipinski definition) is 0. The Hall–Kier alpha value is -6.20. The number of furan rings is 1. The zero-order valence-corrected chi connectivity index (χ0v) is 24.1. The average molecular weight is 577 g/mol. The molecule has 0 saturated carbocycles. The Morgan fingerprint density at radius 1 is 0.422 bits per heavy atom. The van der Waals surface area contributed by atoms with Crippen LogP contribution in [0.4, 0.5) is 0 Å². The van der Waals surface area contributed by atoms with E-state index >= 15 is 0 Å². The highest BCUT2D eigenvalue weighted by Crippen LogP contribution is 2.39. The van der Waals surface area contributed by atoms with E-state index in [-0.39, 0.29) is 0 Å². The zero-order valence-electron chi connectivity index (χ0n) is 24.1. The molecule has 0 radical (unpaired) electrons. The first kappa shape index (κ1) is 25.3. The Morgan fingerprint density at radius 2 is 1.02 bits per heavy atom. The van der Waals surface area contributed by atoms with Crippen LogP contribution in [0.1, 0.15) is 0 Å². The summed E-state index contributed by atoms with van der Waals surface area (Å²) in [5.41, 5.74) is 6.37. The van der Waals surface area contributed by atoms with Gasteiger partial charge in [0.1, 0.15) is 16.9 Å². The maximum absolute atomic E-state index is 6.35. The van der Waals surface area contributed by atoms with Gasteiger partial charge in [0, 0.05) is 22.7 Å². The van der Waals surface area contributed by atoms with Crippen molar-refractivity contribution in [3.63, 3.8) is 0 Å². The molecule has 0 atom stereocenters. The summed E-state index contributed by atoms with van der Waals surface area (Å²) in [7, 11) is 0. The van der Waals surface area contributed by atoms with E-state index in [1.54, 1.807) is 6.20 Å². The van der Waals surface area contributed by atoms with Gasteiger partial charge in [-0.1, -0.05) is 115 Å². The summed E-state index contributed by atoms with van der Waals surface area (Å²) in [5, 5.41) is 6.33. The van der Waals surface area contributed by atoms with E-state index in [1.807, 2.05) is 54.6 Å². The Balaban J connectivity index is 1.32. The molecule has 0 spiro atoms. The van der Waals surface area contributed by atoms with Crippen molar-refractivity contribution in [3.05, 3.63) is 146 Å². The Labute approximate surface area is 258 Å². The molecular formula is C40H24N4O. The van der Waals surface area contributed by atoms with E-state index in [2.05, 4.69) is 84.9 Å². The molecule has 5 heteroatoms. The van der Waals surface area contributed by atoms with Gasteiger partial charge >= 0.3 is 0 Å². The minimum Gasteiger partial charge on any atom is -0.456 e. The average Bonchev–Trinajstić information content (AvgIpc) is 3.48. The summed E-state index contributed by atoms with van der Waals surface area (Å²) in [6.45, 7) is 0. The molecule has 9 aromatic rings. The maximum Gasteiger partial charge on any atom is 0.183 e. The van der Waals surface area contributed by atoms with Gasteiger partial charge < -0.3 is 4.42 Å².